The maximum Gasteiger partial charge on any atom is 0.338 e. The molecule has 0 aliphatic rings. The molecule has 0 spiro atoms. The topological polar surface area (TPSA) is 52.1 Å². The van der Waals surface area contributed by atoms with E-state index in [4.69, 9.17) is 4.74 Å². The zero-order valence-electron chi connectivity index (χ0n) is 21.0. The van der Waals surface area contributed by atoms with Gasteiger partial charge in [-0.05, 0) is 37.0 Å². The molecule has 33 heavy (non-hydrogen) atoms. The number of carbonyl (C=O) groups excluding carboxylic acids is 1. The number of benzene rings is 1. The van der Waals surface area contributed by atoms with Crippen molar-refractivity contribution in [3.63, 3.8) is 0 Å². The van der Waals surface area contributed by atoms with Crippen LogP contribution in [0.1, 0.15) is 120 Å². The summed E-state index contributed by atoms with van der Waals surface area (Å²) < 4.78 is 5.42. The van der Waals surface area contributed by atoms with Crippen LogP contribution in [0.25, 0.3) is 11.4 Å². The summed E-state index contributed by atoms with van der Waals surface area (Å²) >= 11 is 0. The van der Waals surface area contributed by atoms with Crippen LogP contribution < -0.4 is 0 Å². The van der Waals surface area contributed by atoms with Gasteiger partial charge >= 0.3 is 5.97 Å². The summed E-state index contributed by atoms with van der Waals surface area (Å²) in [6, 6.07) is 7.40. The van der Waals surface area contributed by atoms with Crippen LogP contribution in [0.3, 0.4) is 0 Å². The molecule has 4 heteroatoms. The van der Waals surface area contributed by atoms with Gasteiger partial charge in [-0.25, -0.2) is 14.8 Å². The number of hydrogen-bond donors (Lipinski definition) is 0. The van der Waals surface area contributed by atoms with Crippen molar-refractivity contribution in [2.24, 2.45) is 0 Å². The third-order valence-corrected chi connectivity index (χ3v) is 6.13. The summed E-state index contributed by atoms with van der Waals surface area (Å²) in [5, 5.41) is 0. The first kappa shape index (κ1) is 27.0. The Kier molecular flexibility index (Phi) is 14.1. The second kappa shape index (κ2) is 17.3. The highest BCUT2D eigenvalue weighted by Crippen LogP contribution is 2.17. The average Bonchev–Trinajstić information content (AvgIpc) is 2.85. The smallest absolute Gasteiger partial charge is 0.338 e. The fraction of sp³-hybridized carbons (Fsp3) is 0.621. The highest BCUT2D eigenvalue weighted by Gasteiger charge is 2.08. The normalized spacial score (nSPS) is 11.0. The van der Waals surface area contributed by atoms with Crippen LogP contribution in [0.15, 0.2) is 36.7 Å². The fourth-order valence-corrected chi connectivity index (χ4v) is 3.98. The van der Waals surface area contributed by atoms with E-state index in [0.29, 0.717) is 18.0 Å². The monoisotopic (exact) mass is 452 g/mol. The lowest BCUT2D eigenvalue weighted by Gasteiger charge is -2.06. The lowest BCUT2D eigenvalue weighted by molar-refractivity contribution is 0.0497. The van der Waals surface area contributed by atoms with Crippen LogP contribution >= 0.6 is 0 Å². The first-order valence-electron chi connectivity index (χ1n) is 13.3. The van der Waals surface area contributed by atoms with Crippen molar-refractivity contribution in [1.82, 2.24) is 9.97 Å². The Morgan fingerprint density at radius 1 is 0.697 bits per heavy atom. The first-order chi connectivity index (χ1) is 16.2. The molecule has 0 N–H and O–H groups in total. The molecule has 1 heterocycles. The molecule has 0 fully saturated rings. The van der Waals surface area contributed by atoms with E-state index in [1.165, 1.54) is 82.6 Å². The summed E-state index contributed by atoms with van der Waals surface area (Å²) in [6.07, 6.45) is 22.6. The third-order valence-electron chi connectivity index (χ3n) is 6.13. The van der Waals surface area contributed by atoms with Crippen molar-refractivity contribution in [1.29, 1.82) is 0 Å². The molecule has 2 rings (SSSR count). The van der Waals surface area contributed by atoms with Crippen LogP contribution in [-0.4, -0.2) is 22.5 Å². The van der Waals surface area contributed by atoms with Gasteiger partial charge in [0.1, 0.15) is 0 Å². The minimum absolute atomic E-state index is 0.251. The fourth-order valence-electron chi connectivity index (χ4n) is 3.98. The molecule has 0 unspecified atom stereocenters. The maximum absolute atomic E-state index is 12.3. The molecule has 0 radical (unpaired) electrons. The molecule has 2 aromatic rings. The van der Waals surface area contributed by atoms with E-state index < -0.39 is 0 Å². The van der Waals surface area contributed by atoms with E-state index in [9.17, 15) is 4.79 Å². The Labute approximate surface area is 201 Å². The SMILES string of the molecule is CCCCCCCCCOC(=O)c1ccc(-c2ncc(CCCCCCCCC)cn2)cc1. The average molecular weight is 453 g/mol. The van der Waals surface area contributed by atoms with Gasteiger partial charge in [0.2, 0.25) is 0 Å². The molecule has 0 bridgehead atoms. The highest BCUT2D eigenvalue weighted by molar-refractivity contribution is 5.89. The van der Waals surface area contributed by atoms with Gasteiger partial charge in [-0.2, -0.15) is 0 Å². The second-order valence-electron chi connectivity index (χ2n) is 9.12. The minimum Gasteiger partial charge on any atom is -0.462 e. The number of aromatic nitrogens is 2. The van der Waals surface area contributed by atoms with Gasteiger partial charge in [0, 0.05) is 18.0 Å². The van der Waals surface area contributed by atoms with E-state index in [1.807, 2.05) is 24.5 Å². The van der Waals surface area contributed by atoms with Gasteiger partial charge in [0.25, 0.3) is 0 Å². The minimum atomic E-state index is -0.251. The van der Waals surface area contributed by atoms with Crippen molar-refractivity contribution in [2.75, 3.05) is 6.61 Å². The van der Waals surface area contributed by atoms with Gasteiger partial charge in [0.15, 0.2) is 5.82 Å². The van der Waals surface area contributed by atoms with Crippen LogP contribution in [-0.2, 0) is 11.2 Å². The van der Waals surface area contributed by atoms with E-state index in [2.05, 4.69) is 23.8 Å². The Morgan fingerprint density at radius 2 is 1.21 bits per heavy atom. The molecule has 0 atom stereocenters. The Bertz CT molecular complexity index is 756. The predicted octanol–water partition coefficient (Wildman–Crippen LogP) is 8.34. The molecule has 4 nitrogen and oxygen atoms in total. The number of hydrogen-bond acceptors (Lipinski definition) is 4. The Morgan fingerprint density at radius 3 is 1.79 bits per heavy atom. The van der Waals surface area contributed by atoms with E-state index >= 15 is 0 Å². The summed E-state index contributed by atoms with van der Waals surface area (Å²) in [6.45, 7) is 4.98. The molecular weight excluding hydrogens is 408 g/mol. The second-order valence-corrected chi connectivity index (χ2v) is 9.12. The molecule has 0 aliphatic heterocycles. The largest absolute Gasteiger partial charge is 0.462 e. The predicted molar refractivity (Wildman–Crippen MR) is 137 cm³/mol. The number of carbonyl (C=O) groups is 1. The van der Waals surface area contributed by atoms with E-state index in [1.54, 1.807) is 12.1 Å². The molecule has 0 saturated heterocycles. The molecular formula is C29H44N2O2. The Hall–Kier alpha value is -2.23. The number of aryl methyl sites for hydroxylation is 1. The van der Waals surface area contributed by atoms with Gasteiger partial charge in [-0.3, -0.25) is 0 Å². The molecule has 1 aromatic heterocycles. The van der Waals surface area contributed by atoms with E-state index in [0.717, 1.165) is 24.8 Å². The number of rotatable bonds is 18. The van der Waals surface area contributed by atoms with Gasteiger partial charge in [-0.15, -0.1) is 0 Å². The number of esters is 1. The highest BCUT2D eigenvalue weighted by atomic mass is 16.5. The summed E-state index contributed by atoms with van der Waals surface area (Å²) in [4.78, 5) is 21.3. The number of nitrogens with zero attached hydrogens (tertiary/aromatic N) is 2. The van der Waals surface area contributed by atoms with Crippen LogP contribution in [0.5, 0.6) is 0 Å². The molecule has 0 aliphatic carbocycles. The standard InChI is InChI=1S/C29H44N2O2/c1-3-5-7-9-11-13-15-17-25-23-30-28(31-24-25)26-18-20-27(21-19-26)29(32)33-22-16-14-12-10-8-6-4-2/h18-21,23-24H,3-17,22H2,1-2H3. The zero-order chi connectivity index (χ0) is 23.6. The van der Waals surface area contributed by atoms with Crippen LogP contribution in [0, 0.1) is 0 Å². The summed E-state index contributed by atoms with van der Waals surface area (Å²) in [7, 11) is 0. The van der Waals surface area contributed by atoms with E-state index in [-0.39, 0.29) is 5.97 Å². The van der Waals surface area contributed by atoms with Gasteiger partial charge in [0.05, 0.1) is 12.2 Å². The van der Waals surface area contributed by atoms with Crippen LogP contribution in [0.4, 0.5) is 0 Å². The lowest BCUT2D eigenvalue weighted by atomic mass is 10.1. The molecule has 182 valence electrons. The van der Waals surface area contributed by atoms with Gasteiger partial charge < -0.3 is 4.74 Å². The van der Waals surface area contributed by atoms with Crippen molar-refractivity contribution in [2.45, 2.75) is 110 Å². The number of ether oxygens (including phenoxy) is 1. The van der Waals surface area contributed by atoms with Crippen molar-refractivity contribution < 1.29 is 9.53 Å². The van der Waals surface area contributed by atoms with Gasteiger partial charge in [-0.1, -0.05) is 103 Å². The number of unbranched alkanes of at least 4 members (excludes halogenated alkanes) is 12. The Balaban J connectivity index is 1.67. The quantitative estimate of drug-likeness (QED) is 0.168. The third kappa shape index (κ3) is 11.5. The molecule has 1 aromatic carbocycles. The zero-order valence-corrected chi connectivity index (χ0v) is 21.0. The van der Waals surface area contributed by atoms with Crippen LogP contribution in [0.2, 0.25) is 0 Å². The molecule has 0 amide bonds. The lowest BCUT2D eigenvalue weighted by Crippen LogP contribution is -2.06. The van der Waals surface area contributed by atoms with Crippen molar-refractivity contribution in [3.8, 4) is 11.4 Å². The van der Waals surface area contributed by atoms with Crippen molar-refractivity contribution >= 4 is 5.97 Å². The van der Waals surface area contributed by atoms with Crippen molar-refractivity contribution in [3.05, 3.63) is 47.8 Å². The maximum atomic E-state index is 12.3. The summed E-state index contributed by atoms with van der Waals surface area (Å²) in [5.41, 5.74) is 2.69. The molecule has 0 saturated carbocycles. The summed E-state index contributed by atoms with van der Waals surface area (Å²) in [5.74, 6) is 0.444. The first-order valence-corrected chi connectivity index (χ1v) is 13.3.